The standard InChI is InChI=1S/C16H29BN2O6/c1-5-11(20)8-19(9-13(21)18-2)6-7-24-15-14(23-4)12(10-22-3)25-16(15)17/h12,14-16H,5-10H2,1-4H3,(H,18,21)/t12-,14?,15+,16-/m1/s1. The zero-order chi connectivity index (χ0) is 18.8. The quantitative estimate of drug-likeness (QED) is 0.447. The number of carbonyl (C=O) groups excluding carboxylic acids is 2. The van der Waals surface area contributed by atoms with E-state index < -0.39 is 12.1 Å². The first kappa shape index (κ1) is 22.0. The maximum absolute atomic E-state index is 11.7. The van der Waals surface area contributed by atoms with E-state index in [1.54, 1.807) is 33.1 Å². The summed E-state index contributed by atoms with van der Waals surface area (Å²) in [7, 11) is 10.7. The Labute approximate surface area is 150 Å². The molecule has 8 nitrogen and oxygen atoms in total. The third-order valence-corrected chi connectivity index (χ3v) is 4.11. The fourth-order valence-corrected chi connectivity index (χ4v) is 2.70. The molecular weight excluding hydrogens is 327 g/mol. The molecule has 0 aromatic heterocycles. The summed E-state index contributed by atoms with van der Waals surface area (Å²) in [6, 6.07) is -0.616. The molecule has 1 aliphatic rings. The zero-order valence-electron chi connectivity index (χ0n) is 15.5. The normalized spacial score (nSPS) is 26.1. The molecule has 0 aromatic rings. The van der Waals surface area contributed by atoms with Crippen molar-refractivity contribution >= 4 is 19.5 Å². The minimum Gasteiger partial charge on any atom is -0.382 e. The van der Waals surface area contributed by atoms with Crippen molar-refractivity contribution in [3.8, 4) is 0 Å². The Bertz CT molecular complexity index is 407. The number of nitrogens with zero attached hydrogens (tertiary/aromatic N) is 1. The first-order valence-corrected chi connectivity index (χ1v) is 8.45. The minimum absolute atomic E-state index is 0.0692. The Morgan fingerprint density at radius 2 is 1.96 bits per heavy atom. The van der Waals surface area contributed by atoms with Crippen molar-refractivity contribution in [2.24, 2.45) is 0 Å². The zero-order valence-corrected chi connectivity index (χ0v) is 15.5. The van der Waals surface area contributed by atoms with Crippen LogP contribution in [0.1, 0.15) is 13.3 Å². The average molecular weight is 356 g/mol. The van der Waals surface area contributed by atoms with Crippen LogP contribution in [0, 0.1) is 0 Å². The van der Waals surface area contributed by atoms with Crippen molar-refractivity contribution in [2.45, 2.75) is 37.7 Å². The summed E-state index contributed by atoms with van der Waals surface area (Å²) in [5, 5.41) is 2.55. The molecule has 1 amide bonds. The van der Waals surface area contributed by atoms with E-state index in [0.29, 0.717) is 26.2 Å². The maximum atomic E-state index is 11.7. The number of amides is 1. The van der Waals surface area contributed by atoms with E-state index in [4.69, 9.17) is 26.8 Å². The molecule has 1 fully saturated rings. The lowest BCUT2D eigenvalue weighted by molar-refractivity contribution is -0.124. The van der Waals surface area contributed by atoms with Crippen LogP contribution in [0.2, 0.25) is 0 Å². The van der Waals surface area contributed by atoms with E-state index in [9.17, 15) is 9.59 Å². The highest BCUT2D eigenvalue weighted by Crippen LogP contribution is 2.24. The SMILES string of the molecule is [B][C@@H]1O[C@H](COC)C(OC)[C@@H]1OCCN(CC(=O)CC)CC(=O)NC. The summed E-state index contributed by atoms with van der Waals surface area (Å²) >= 11 is 0. The second-order valence-corrected chi connectivity index (χ2v) is 5.91. The first-order chi connectivity index (χ1) is 12.0. The Morgan fingerprint density at radius 3 is 2.52 bits per heavy atom. The van der Waals surface area contributed by atoms with Gasteiger partial charge in [-0.1, -0.05) is 6.92 Å². The molecule has 25 heavy (non-hydrogen) atoms. The molecule has 1 unspecified atom stereocenters. The van der Waals surface area contributed by atoms with Gasteiger partial charge in [-0.2, -0.15) is 0 Å². The van der Waals surface area contributed by atoms with E-state index in [0.717, 1.165) is 0 Å². The van der Waals surface area contributed by atoms with Gasteiger partial charge in [-0.3, -0.25) is 14.5 Å². The van der Waals surface area contributed by atoms with Crippen LogP contribution in [-0.4, -0.2) is 103 Å². The van der Waals surface area contributed by atoms with Crippen LogP contribution >= 0.6 is 0 Å². The topological polar surface area (TPSA) is 86.3 Å². The molecule has 0 aliphatic carbocycles. The number of carbonyl (C=O) groups is 2. The lowest BCUT2D eigenvalue weighted by Crippen LogP contribution is -2.43. The van der Waals surface area contributed by atoms with E-state index in [1.165, 1.54) is 0 Å². The molecule has 0 aromatic carbocycles. The van der Waals surface area contributed by atoms with Gasteiger partial charge in [0.15, 0.2) is 0 Å². The van der Waals surface area contributed by atoms with Crippen molar-refractivity contribution in [1.29, 1.82) is 0 Å². The third-order valence-electron chi connectivity index (χ3n) is 4.11. The number of nitrogens with one attached hydrogen (secondary N) is 1. The number of rotatable bonds is 12. The molecule has 1 N–H and O–H groups in total. The first-order valence-electron chi connectivity index (χ1n) is 8.45. The molecule has 0 spiro atoms. The van der Waals surface area contributed by atoms with Gasteiger partial charge in [-0.15, -0.1) is 0 Å². The second kappa shape index (κ2) is 11.6. The molecule has 1 saturated heterocycles. The molecule has 4 atom stereocenters. The fraction of sp³-hybridized carbons (Fsp3) is 0.875. The van der Waals surface area contributed by atoms with Crippen molar-refractivity contribution in [2.75, 3.05) is 54.1 Å². The molecule has 2 radical (unpaired) electrons. The van der Waals surface area contributed by atoms with Crippen LogP contribution in [0.15, 0.2) is 0 Å². The predicted molar refractivity (Wildman–Crippen MR) is 92.6 cm³/mol. The number of hydrogen-bond donors (Lipinski definition) is 1. The van der Waals surface area contributed by atoms with Gasteiger partial charge in [0.2, 0.25) is 5.91 Å². The van der Waals surface area contributed by atoms with E-state index in [1.807, 2.05) is 0 Å². The Morgan fingerprint density at radius 1 is 1.24 bits per heavy atom. The summed E-state index contributed by atoms with van der Waals surface area (Å²) in [6.07, 6.45) is -0.635. The highest BCUT2D eigenvalue weighted by molar-refractivity contribution is 6.11. The number of ketones is 1. The van der Waals surface area contributed by atoms with Gasteiger partial charge in [0, 0.05) is 40.2 Å². The number of ether oxygens (including phenoxy) is 4. The Kier molecular flexibility index (Phi) is 10.2. The lowest BCUT2D eigenvalue weighted by Gasteiger charge is -2.25. The summed E-state index contributed by atoms with van der Waals surface area (Å²) < 4.78 is 22.0. The minimum atomic E-state index is -0.616. The molecule has 1 aliphatic heterocycles. The van der Waals surface area contributed by atoms with Crippen LogP contribution < -0.4 is 5.32 Å². The molecule has 1 heterocycles. The van der Waals surface area contributed by atoms with E-state index in [-0.39, 0.29) is 37.0 Å². The maximum Gasteiger partial charge on any atom is 0.233 e. The van der Waals surface area contributed by atoms with Gasteiger partial charge in [-0.25, -0.2) is 0 Å². The largest absolute Gasteiger partial charge is 0.382 e. The fourth-order valence-electron chi connectivity index (χ4n) is 2.70. The summed E-state index contributed by atoms with van der Waals surface area (Å²) in [6.45, 7) is 3.23. The van der Waals surface area contributed by atoms with Crippen molar-refractivity contribution in [3.63, 3.8) is 0 Å². The van der Waals surface area contributed by atoms with Gasteiger partial charge < -0.3 is 24.3 Å². The predicted octanol–water partition coefficient (Wildman–Crippen LogP) is -1.05. The second-order valence-electron chi connectivity index (χ2n) is 5.91. The number of methoxy groups -OCH3 is 2. The van der Waals surface area contributed by atoms with E-state index in [2.05, 4.69) is 5.32 Å². The lowest BCUT2D eigenvalue weighted by atomic mass is 9.93. The Hall–Kier alpha value is -0.995. The number of likely N-dealkylation sites (N-methyl/N-ethyl adjacent to an activating group) is 1. The molecule has 0 saturated carbocycles. The third kappa shape index (κ3) is 7.03. The van der Waals surface area contributed by atoms with Crippen LogP contribution in [0.25, 0.3) is 0 Å². The van der Waals surface area contributed by atoms with E-state index >= 15 is 0 Å². The van der Waals surface area contributed by atoms with Gasteiger partial charge >= 0.3 is 0 Å². The molecule has 0 bridgehead atoms. The van der Waals surface area contributed by atoms with Gasteiger partial charge in [-0.05, 0) is 0 Å². The van der Waals surface area contributed by atoms with Crippen LogP contribution in [0.4, 0.5) is 0 Å². The van der Waals surface area contributed by atoms with Gasteiger partial charge in [0.25, 0.3) is 0 Å². The number of Topliss-reactive ketones (excluding diaryl/α,β-unsaturated/α-hetero) is 1. The highest BCUT2D eigenvalue weighted by Gasteiger charge is 2.43. The number of hydrogen-bond acceptors (Lipinski definition) is 7. The summed E-state index contributed by atoms with van der Waals surface area (Å²) in [4.78, 5) is 25.0. The van der Waals surface area contributed by atoms with Crippen molar-refractivity contribution < 1.29 is 28.5 Å². The van der Waals surface area contributed by atoms with Crippen LogP contribution in [0.5, 0.6) is 0 Å². The molecular formula is C16H29BN2O6. The molecule has 1 rings (SSSR count). The van der Waals surface area contributed by atoms with Gasteiger partial charge in [0.05, 0.1) is 26.3 Å². The van der Waals surface area contributed by atoms with Crippen LogP contribution in [0.3, 0.4) is 0 Å². The summed E-state index contributed by atoms with van der Waals surface area (Å²) in [5.41, 5.74) is 0. The monoisotopic (exact) mass is 356 g/mol. The molecule has 142 valence electrons. The highest BCUT2D eigenvalue weighted by atomic mass is 16.6. The average Bonchev–Trinajstić information content (AvgIpc) is 2.89. The van der Waals surface area contributed by atoms with Crippen LogP contribution in [-0.2, 0) is 28.5 Å². The van der Waals surface area contributed by atoms with Crippen molar-refractivity contribution in [1.82, 2.24) is 10.2 Å². The Balaban J connectivity index is 2.55. The smallest absolute Gasteiger partial charge is 0.233 e. The van der Waals surface area contributed by atoms with Crippen molar-refractivity contribution in [3.05, 3.63) is 0 Å². The summed E-state index contributed by atoms with van der Waals surface area (Å²) in [5.74, 6) is -0.0838. The van der Waals surface area contributed by atoms with Gasteiger partial charge in [0.1, 0.15) is 31.9 Å². The molecule has 9 heteroatoms.